The fourth-order valence-corrected chi connectivity index (χ4v) is 1.18. The van der Waals surface area contributed by atoms with Crippen LogP contribution >= 0.6 is 11.6 Å². The standard InChI is InChI=1S/C8H6ClF3O2/c9-6-1-4(3-13)5(2-7(6)14)8(10,11)12/h1-2,13-14H,3H2. The van der Waals surface area contributed by atoms with E-state index in [0.717, 1.165) is 6.07 Å². The molecule has 0 fully saturated rings. The SMILES string of the molecule is OCc1cc(Cl)c(O)cc1C(F)(F)F. The lowest BCUT2D eigenvalue weighted by Crippen LogP contribution is -2.09. The Balaban J connectivity index is 3.35. The number of halogens is 4. The van der Waals surface area contributed by atoms with E-state index in [1.165, 1.54) is 0 Å². The van der Waals surface area contributed by atoms with Crippen molar-refractivity contribution in [2.45, 2.75) is 12.8 Å². The Kier molecular flexibility index (Phi) is 2.92. The topological polar surface area (TPSA) is 40.5 Å². The molecule has 0 aliphatic heterocycles. The number of benzene rings is 1. The van der Waals surface area contributed by atoms with Crippen molar-refractivity contribution in [3.8, 4) is 5.75 Å². The van der Waals surface area contributed by atoms with Crippen molar-refractivity contribution < 1.29 is 23.4 Å². The van der Waals surface area contributed by atoms with Crippen LogP contribution < -0.4 is 0 Å². The quantitative estimate of drug-likeness (QED) is 0.773. The van der Waals surface area contributed by atoms with Crippen molar-refractivity contribution in [1.82, 2.24) is 0 Å². The van der Waals surface area contributed by atoms with Crippen molar-refractivity contribution in [3.05, 3.63) is 28.3 Å². The first-order valence-corrected chi connectivity index (χ1v) is 3.93. The predicted octanol–water partition coefficient (Wildman–Crippen LogP) is 2.56. The van der Waals surface area contributed by atoms with Crippen LogP contribution in [0.25, 0.3) is 0 Å². The van der Waals surface area contributed by atoms with Crippen LogP contribution in [0.1, 0.15) is 11.1 Å². The molecular formula is C8H6ClF3O2. The number of aliphatic hydroxyl groups excluding tert-OH is 1. The molecule has 0 bridgehead atoms. The van der Waals surface area contributed by atoms with E-state index >= 15 is 0 Å². The van der Waals surface area contributed by atoms with Gasteiger partial charge in [0.1, 0.15) is 5.75 Å². The molecule has 0 saturated carbocycles. The number of hydrogen-bond acceptors (Lipinski definition) is 2. The third-order valence-electron chi connectivity index (χ3n) is 1.65. The first-order chi connectivity index (χ1) is 6.36. The molecule has 0 aliphatic rings. The molecule has 0 unspecified atom stereocenters. The van der Waals surface area contributed by atoms with Crippen LogP contribution in [0.4, 0.5) is 13.2 Å². The first kappa shape index (κ1) is 11.1. The van der Waals surface area contributed by atoms with Gasteiger partial charge in [-0.25, -0.2) is 0 Å². The third-order valence-corrected chi connectivity index (χ3v) is 1.95. The number of phenols is 1. The van der Waals surface area contributed by atoms with E-state index in [-0.39, 0.29) is 10.6 Å². The van der Waals surface area contributed by atoms with Gasteiger partial charge in [0.15, 0.2) is 0 Å². The fraction of sp³-hybridized carbons (Fsp3) is 0.250. The van der Waals surface area contributed by atoms with Gasteiger partial charge < -0.3 is 10.2 Å². The van der Waals surface area contributed by atoms with Crippen LogP contribution in [0.15, 0.2) is 12.1 Å². The van der Waals surface area contributed by atoms with Crippen LogP contribution in [0, 0.1) is 0 Å². The highest BCUT2D eigenvalue weighted by Gasteiger charge is 2.34. The van der Waals surface area contributed by atoms with Crippen LogP contribution in [0.2, 0.25) is 5.02 Å². The van der Waals surface area contributed by atoms with E-state index < -0.39 is 24.1 Å². The Labute approximate surface area is 82.5 Å². The van der Waals surface area contributed by atoms with Gasteiger partial charge in [-0.05, 0) is 17.7 Å². The molecule has 0 radical (unpaired) electrons. The summed E-state index contributed by atoms with van der Waals surface area (Å²) in [6, 6.07) is 1.38. The first-order valence-electron chi connectivity index (χ1n) is 3.55. The summed E-state index contributed by atoms with van der Waals surface area (Å²) in [6.07, 6.45) is -4.61. The number of phenolic OH excluding ortho intramolecular Hbond substituents is 1. The average molecular weight is 227 g/mol. The maximum Gasteiger partial charge on any atom is 0.416 e. The molecule has 1 aromatic rings. The van der Waals surface area contributed by atoms with E-state index in [0.29, 0.717) is 6.07 Å². The van der Waals surface area contributed by atoms with E-state index in [1.807, 2.05) is 0 Å². The normalized spacial score (nSPS) is 11.8. The van der Waals surface area contributed by atoms with Gasteiger partial charge >= 0.3 is 6.18 Å². The zero-order valence-corrected chi connectivity index (χ0v) is 7.52. The van der Waals surface area contributed by atoms with Crippen molar-refractivity contribution >= 4 is 11.6 Å². The van der Waals surface area contributed by atoms with Crippen molar-refractivity contribution in [2.24, 2.45) is 0 Å². The molecule has 0 amide bonds. The van der Waals surface area contributed by atoms with Gasteiger partial charge in [-0.3, -0.25) is 0 Å². The summed E-state index contributed by atoms with van der Waals surface area (Å²) in [6.45, 7) is -0.783. The Morgan fingerprint density at radius 3 is 2.29 bits per heavy atom. The lowest BCUT2D eigenvalue weighted by atomic mass is 10.1. The molecular weight excluding hydrogens is 221 g/mol. The summed E-state index contributed by atoms with van der Waals surface area (Å²) in [5, 5.41) is 17.4. The molecule has 2 nitrogen and oxygen atoms in total. The van der Waals surface area contributed by atoms with E-state index in [1.54, 1.807) is 0 Å². The second kappa shape index (κ2) is 3.67. The number of hydrogen-bond donors (Lipinski definition) is 2. The zero-order chi connectivity index (χ0) is 10.9. The predicted molar refractivity (Wildman–Crippen MR) is 44.0 cm³/mol. The van der Waals surface area contributed by atoms with Crippen molar-refractivity contribution in [3.63, 3.8) is 0 Å². The number of aliphatic hydroxyl groups is 1. The minimum Gasteiger partial charge on any atom is -0.506 e. The van der Waals surface area contributed by atoms with Gasteiger partial charge in [0.05, 0.1) is 17.2 Å². The summed E-state index contributed by atoms with van der Waals surface area (Å²) < 4.78 is 36.8. The second-order valence-electron chi connectivity index (χ2n) is 2.62. The molecule has 0 spiro atoms. The summed E-state index contributed by atoms with van der Waals surface area (Å²) >= 11 is 5.39. The lowest BCUT2D eigenvalue weighted by Gasteiger charge is -2.12. The van der Waals surface area contributed by atoms with Crippen LogP contribution in [0.3, 0.4) is 0 Å². The molecule has 0 heterocycles. The highest BCUT2D eigenvalue weighted by molar-refractivity contribution is 6.32. The van der Waals surface area contributed by atoms with Crippen molar-refractivity contribution in [1.29, 1.82) is 0 Å². The molecule has 0 atom stereocenters. The Morgan fingerprint density at radius 2 is 1.86 bits per heavy atom. The van der Waals surface area contributed by atoms with Gasteiger partial charge in [-0.2, -0.15) is 13.2 Å². The summed E-state index contributed by atoms with van der Waals surface area (Å²) in [7, 11) is 0. The minimum absolute atomic E-state index is 0.220. The van der Waals surface area contributed by atoms with Gasteiger partial charge in [0.2, 0.25) is 0 Å². The highest BCUT2D eigenvalue weighted by Crippen LogP contribution is 2.37. The largest absolute Gasteiger partial charge is 0.506 e. The molecule has 78 valence electrons. The van der Waals surface area contributed by atoms with Gasteiger partial charge in [0.25, 0.3) is 0 Å². The van der Waals surface area contributed by atoms with Gasteiger partial charge in [-0.1, -0.05) is 11.6 Å². The Bertz CT molecular complexity index is 349. The summed E-state index contributed by atoms with van der Waals surface area (Å²) in [5.74, 6) is -0.656. The van der Waals surface area contributed by atoms with Crippen LogP contribution in [-0.2, 0) is 12.8 Å². The Morgan fingerprint density at radius 1 is 1.29 bits per heavy atom. The van der Waals surface area contributed by atoms with E-state index in [9.17, 15) is 13.2 Å². The number of alkyl halides is 3. The van der Waals surface area contributed by atoms with Crippen molar-refractivity contribution in [2.75, 3.05) is 0 Å². The smallest absolute Gasteiger partial charge is 0.416 e. The maximum absolute atomic E-state index is 12.3. The number of rotatable bonds is 1. The third kappa shape index (κ3) is 2.10. The Hall–Kier alpha value is -0.940. The molecule has 0 saturated heterocycles. The minimum atomic E-state index is -4.61. The molecule has 0 aromatic heterocycles. The van der Waals surface area contributed by atoms with E-state index in [2.05, 4.69) is 0 Å². The van der Waals surface area contributed by atoms with Gasteiger partial charge in [-0.15, -0.1) is 0 Å². The summed E-state index contributed by atoms with van der Waals surface area (Å²) in [4.78, 5) is 0. The molecule has 0 aliphatic carbocycles. The monoisotopic (exact) mass is 226 g/mol. The summed E-state index contributed by atoms with van der Waals surface area (Å²) in [5.41, 5.74) is -1.44. The maximum atomic E-state index is 12.3. The highest BCUT2D eigenvalue weighted by atomic mass is 35.5. The molecule has 14 heavy (non-hydrogen) atoms. The molecule has 1 rings (SSSR count). The second-order valence-corrected chi connectivity index (χ2v) is 3.02. The van der Waals surface area contributed by atoms with Crippen LogP contribution in [0.5, 0.6) is 5.75 Å². The van der Waals surface area contributed by atoms with Crippen LogP contribution in [-0.4, -0.2) is 10.2 Å². The number of aromatic hydroxyl groups is 1. The van der Waals surface area contributed by atoms with E-state index in [4.69, 9.17) is 21.8 Å². The van der Waals surface area contributed by atoms with Gasteiger partial charge in [0, 0.05) is 0 Å². The molecule has 1 aromatic carbocycles. The average Bonchev–Trinajstić information content (AvgIpc) is 2.07. The molecule has 2 N–H and O–H groups in total. The zero-order valence-electron chi connectivity index (χ0n) is 6.77. The fourth-order valence-electron chi connectivity index (χ4n) is 0.998. The molecule has 6 heteroatoms. The lowest BCUT2D eigenvalue weighted by molar-refractivity contribution is -0.138.